The number of fused-ring (bicyclic) bond motifs is 2. The number of aromatic nitrogens is 3. The highest BCUT2D eigenvalue weighted by molar-refractivity contribution is 6.30. The third kappa shape index (κ3) is 6.37. The van der Waals surface area contributed by atoms with Crippen molar-refractivity contribution >= 4 is 28.6 Å². The van der Waals surface area contributed by atoms with Crippen LogP contribution in [-0.4, -0.2) is 64.0 Å². The van der Waals surface area contributed by atoms with Crippen molar-refractivity contribution in [3.05, 3.63) is 75.2 Å². The lowest BCUT2D eigenvalue weighted by Gasteiger charge is -2.30. The summed E-state index contributed by atoms with van der Waals surface area (Å²) in [6.45, 7) is 1.99. The second-order valence-electron chi connectivity index (χ2n) is 10.9. The minimum Gasteiger partial charge on any atom is -0.496 e. The molecule has 2 aromatic carbocycles. The molecule has 2 aromatic heterocycles. The lowest BCUT2D eigenvalue weighted by atomic mass is 10.0. The van der Waals surface area contributed by atoms with Crippen molar-refractivity contribution in [2.45, 2.75) is 51.4 Å². The van der Waals surface area contributed by atoms with Crippen LogP contribution >= 0.6 is 11.6 Å². The van der Waals surface area contributed by atoms with Crippen molar-refractivity contribution in [2.75, 3.05) is 27.4 Å². The summed E-state index contributed by atoms with van der Waals surface area (Å²) in [5.41, 5.74) is 1.76. The number of halogens is 4. The molecule has 1 saturated heterocycles. The third-order valence-electron chi connectivity index (χ3n) is 8.06. The molecule has 10 nitrogen and oxygen atoms in total. The summed E-state index contributed by atoms with van der Waals surface area (Å²) in [6, 6.07) is 8.92. The van der Waals surface area contributed by atoms with Crippen LogP contribution in [-0.2, 0) is 43.6 Å². The van der Waals surface area contributed by atoms with Gasteiger partial charge in [-0.15, -0.1) is 0 Å². The number of imidazole rings is 1. The average molecular weight is 647 g/mol. The maximum Gasteiger partial charge on any atom is 0.421 e. The molecular formula is C31H30ClF3N4O6. The average Bonchev–Trinajstić information content (AvgIpc) is 3.33. The first kappa shape index (κ1) is 30.9. The lowest BCUT2D eigenvalue weighted by molar-refractivity contribution is -0.139. The van der Waals surface area contributed by atoms with E-state index in [0.29, 0.717) is 82.9 Å². The number of carboxylic acid groups (broad SMARTS) is 1. The maximum atomic E-state index is 14.1. The summed E-state index contributed by atoms with van der Waals surface area (Å²) in [5.74, 6) is -0.219. The van der Waals surface area contributed by atoms with Gasteiger partial charge in [0.2, 0.25) is 5.88 Å². The molecule has 0 aliphatic carbocycles. The van der Waals surface area contributed by atoms with Crippen LogP contribution in [0, 0.1) is 0 Å². The zero-order valence-electron chi connectivity index (χ0n) is 24.5. The van der Waals surface area contributed by atoms with E-state index in [1.54, 1.807) is 24.3 Å². The number of pyridine rings is 1. The van der Waals surface area contributed by atoms with Crippen LogP contribution in [0.5, 0.6) is 17.4 Å². The van der Waals surface area contributed by atoms with Gasteiger partial charge in [0.15, 0.2) is 0 Å². The summed E-state index contributed by atoms with van der Waals surface area (Å²) in [7, 11) is 2.90. The maximum absolute atomic E-state index is 14.1. The second kappa shape index (κ2) is 12.4. The van der Waals surface area contributed by atoms with Crippen LogP contribution in [0.2, 0.25) is 5.02 Å². The Labute approximate surface area is 261 Å². The molecule has 1 N–H and O–H groups in total. The van der Waals surface area contributed by atoms with Gasteiger partial charge in [-0.1, -0.05) is 17.7 Å². The Kier molecular flexibility index (Phi) is 8.51. The first-order chi connectivity index (χ1) is 21.5. The zero-order valence-corrected chi connectivity index (χ0v) is 25.2. The van der Waals surface area contributed by atoms with Crippen molar-refractivity contribution in [1.82, 2.24) is 19.4 Å². The van der Waals surface area contributed by atoms with Crippen molar-refractivity contribution in [3.63, 3.8) is 0 Å². The monoisotopic (exact) mass is 646 g/mol. The first-order valence-corrected chi connectivity index (χ1v) is 14.6. The van der Waals surface area contributed by atoms with Gasteiger partial charge >= 0.3 is 12.1 Å². The van der Waals surface area contributed by atoms with E-state index in [1.165, 1.54) is 20.3 Å². The number of carbonyl (C=O) groups is 1. The molecule has 6 rings (SSSR count). The molecule has 238 valence electrons. The van der Waals surface area contributed by atoms with E-state index in [-0.39, 0.29) is 24.8 Å². The Morgan fingerprint density at radius 2 is 1.91 bits per heavy atom. The van der Waals surface area contributed by atoms with Crippen molar-refractivity contribution < 1.29 is 42.0 Å². The number of methoxy groups -OCH3 is 2. The molecule has 4 heterocycles. The predicted octanol–water partition coefficient (Wildman–Crippen LogP) is 5.75. The number of nitrogens with zero attached hydrogens (tertiary/aromatic N) is 4. The number of alkyl halides is 3. The summed E-state index contributed by atoms with van der Waals surface area (Å²) >= 11 is 6.02. The van der Waals surface area contributed by atoms with E-state index in [2.05, 4.69) is 4.98 Å². The van der Waals surface area contributed by atoms with E-state index >= 15 is 0 Å². The van der Waals surface area contributed by atoms with Gasteiger partial charge in [-0.2, -0.15) is 13.2 Å². The Morgan fingerprint density at radius 1 is 1.13 bits per heavy atom. The van der Waals surface area contributed by atoms with Gasteiger partial charge in [0.1, 0.15) is 35.0 Å². The minimum atomic E-state index is -4.67. The highest BCUT2D eigenvalue weighted by Gasteiger charge is 2.37. The van der Waals surface area contributed by atoms with Gasteiger partial charge in [-0.05, 0) is 48.7 Å². The van der Waals surface area contributed by atoms with Crippen molar-refractivity contribution in [3.8, 4) is 17.4 Å². The van der Waals surface area contributed by atoms with E-state index < -0.39 is 23.6 Å². The first-order valence-electron chi connectivity index (χ1n) is 14.2. The summed E-state index contributed by atoms with van der Waals surface area (Å²) in [4.78, 5) is 23.1. The summed E-state index contributed by atoms with van der Waals surface area (Å²) in [6.07, 6.45) is -3.50. The standard InChI is InChI=1S/C31H30ClF3N4O6/c1-42-25-12-20(32)4-3-18(25)16-45-29-22(31(33,34)35)9-17-5-7-38(14-23(17)36-29)15-27-37-28-24(39(27)13-21-6-8-44-21)10-19(30(40)41)11-26(28)43-2/h3-4,9-12,21H,5-8,13-16H2,1-2H3,(H,40,41)/t21-/m0/s1. The number of ether oxygens (including phenoxy) is 4. The van der Waals surface area contributed by atoms with Crippen LogP contribution in [0.15, 0.2) is 36.4 Å². The normalized spacial score (nSPS) is 16.7. The molecule has 0 radical (unpaired) electrons. The second-order valence-corrected chi connectivity index (χ2v) is 11.4. The van der Waals surface area contributed by atoms with E-state index in [0.717, 1.165) is 12.5 Å². The molecule has 0 amide bonds. The van der Waals surface area contributed by atoms with Gasteiger partial charge in [0.05, 0.1) is 50.2 Å². The van der Waals surface area contributed by atoms with E-state index in [9.17, 15) is 23.1 Å². The van der Waals surface area contributed by atoms with Gasteiger partial charge < -0.3 is 28.6 Å². The van der Waals surface area contributed by atoms with Crippen LogP contribution in [0.4, 0.5) is 13.2 Å². The topological polar surface area (TPSA) is 108 Å². The number of carboxylic acids is 1. The fraction of sp³-hybridized carbons (Fsp3) is 0.387. The number of aromatic carboxylic acids is 1. The molecule has 1 atom stereocenters. The van der Waals surface area contributed by atoms with E-state index in [4.69, 9.17) is 35.5 Å². The quantitative estimate of drug-likeness (QED) is 0.231. The van der Waals surface area contributed by atoms with Crippen LogP contribution in [0.3, 0.4) is 0 Å². The molecule has 0 saturated carbocycles. The van der Waals surface area contributed by atoms with Crippen LogP contribution in [0.25, 0.3) is 11.0 Å². The summed E-state index contributed by atoms with van der Waals surface area (Å²) in [5, 5.41) is 10.1. The molecule has 0 unspecified atom stereocenters. The Morgan fingerprint density at radius 3 is 2.58 bits per heavy atom. The fourth-order valence-corrected chi connectivity index (χ4v) is 5.77. The molecule has 4 aromatic rings. The van der Waals surface area contributed by atoms with Gasteiger partial charge in [0.25, 0.3) is 0 Å². The number of benzene rings is 2. The smallest absolute Gasteiger partial charge is 0.421 e. The van der Waals surface area contributed by atoms with Crippen molar-refractivity contribution in [1.29, 1.82) is 0 Å². The van der Waals surface area contributed by atoms with E-state index in [1.807, 2.05) is 9.47 Å². The van der Waals surface area contributed by atoms with Crippen molar-refractivity contribution in [2.24, 2.45) is 0 Å². The highest BCUT2D eigenvalue weighted by atomic mass is 35.5. The number of rotatable bonds is 10. The largest absolute Gasteiger partial charge is 0.496 e. The summed E-state index contributed by atoms with van der Waals surface area (Å²) < 4.78 is 66.3. The number of hydrogen-bond acceptors (Lipinski definition) is 8. The Hall–Kier alpha value is -4.07. The Bertz CT molecular complexity index is 1760. The van der Waals surface area contributed by atoms with Crippen LogP contribution in [0.1, 0.15) is 45.0 Å². The molecule has 1 fully saturated rings. The molecule has 0 spiro atoms. The lowest BCUT2D eigenvalue weighted by Crippen LogP contribution is -2.34. The molecule has 2 aliphatic heterocycles. The van der Waals surface area contributed by atoms with Gasteiger partial charge in [-0.25, -0.2) is 14.8 Å². The fourth-order valence-electron chi connectivity index (χ4n) is 5.60. The molecule has 2 aliphatic rings. The highest BCUT2D eigenvalue weighted by Crippen LogP contribution is 2.39. The molecule has 14 heteroatoms. The number of hydrogen-bond donors (Lipinski definition) is 1. The van der Waals surface area contributed by atoms with Crippen LogP contribution < -0.4 is 14.2 Å². The van der Waals surface area contributed by atoms with Gasteiger partial charge in [-0.3, -0.25) is 4.90 Å². The predicted molar refractivity (Wildman–Crippen MR) is 157 cm³/mol. The third-order valence-corrected chi connectivity index (χ3v) is 8.29. The van der Waals surface area contributed by atoms with Gasteiger partial charge in [0, 0.05) is 30.3 Å². The zero-order chi connectivity index (χ0) is 31.9. The minimum absolute atomic E-state index is 0.0378. The Balaban J connectivity index is 1.30. The molecule has 45 heavy (non-hydrogen) atoms. The molecule has 0 bridgehead atoms. The SMILES string of the molecule is COc1cc(Cl)ccc1COc1nc2c(cc1C(F)(F)F)CCN(Cc1nc3c(OC)cc(C(=O)O)cc3n1C[C@@H]1CCO1)C2. The molecular weight excluding hydrogens is 617 g/mol.